The van der Waals surface area contributed by atoms with E-state index >= 15 is 0 Å². The second kappa shape index (κ2) is 8.18. The quantitative estimate of drug-likeness (QED) is 0.720. The first-order chi connectivity index (χ1) is 11.3. The van der Waals surface area contributed by atoms with Gasteiger partial charge < -0.3 is 4.57 Å². The third-order valence-electron chi connectivity index (χ3n) is 4.02. The Morgan fingerprint density at radius 3 is 2.50 bits per heavy atom. The van der Waals surface area contributed by atoms with Crippen LogP contribution in [0.15, 0.2) is 36.7 Å². The van der Waals surface area contributed by atoms with E-state index in [1.165, 1.54) is 4.31 Å². The van der Waals surface area contributed by atoms with Gasteiger partial charge in [0.1, 0.15) is 0 Å². The number of thioether (sulfide) groups is 1. The SMILES string of the molecule is CS[C@H](C)Cc1c(-c2ccccc2)ncn1CCS(=O)(=O)N(C)C. The van der Waals surface area contributed by atoms with Crippen LogP contribution < -0.4 is 0 Å². The summed E-state index contributed by atoms with van der Waals surface area (Å²) in [6.45, 7) is 2.59. The molecule has 1 aromatic heterocycles. The number of sulfonamides is 1. The van der Waals surface area contributed by atoms with Crippen molar-refractivity contribution in [3.8, 4) is 11.3 Å². The minimum atomic E-state index is -3.22. The molecule has 0 radical (unpaired) electrons. The fraction of sp³-hybridized carbons (Fsp3) is 0.471. The van der Waals surface area contributed by atoms with Crippen LogP contribution in [0.5, 0.6) is 0 Å². The highest BCUT2D eigenvalue weighted by molar-refractivity contribution is 7.99. The Labute approximate surface area is 149 Å². The van der Waals surface area contributed by atoms with Crippen LogP contribution in [0.2, 0.25) is 0 Å². The highest BCUT2D eigenvalue weighted by Gasteiger charge is 2.18. The average molecular weight is 368 g/mol. The standard InChI is InChI=1S/C17H25N3O2S2/c1-14(23-4)12-16-17(15-8-6-5-7-9-15)18-13-20(16)10-11-24(21,22)19(2)3/h5-9,13-14H,10-12H2,1-4H3/t14-/m1/s1. The predicted octanol–water partition coefficient (Wildman–Crippen LogP) is 2.74. The minimum Gasteiger partial charge on any atom is -0.333 e. The lowest BCUT2D eigenvalue weighted by molar-refractivity contribution is 0.514. The van der Waals surface area contributed by atoms with Crippen LogP contribution in [-0.2, 0) is 23.0 Å². The van der Waals surface area contributed by atoms with Crippen LogP contribution in [0.3, 0.4) is 0 Å². The molecule has 1 atom stereocenters. The molecule has 24 heavy (non-hydrogen) atoms. The molecule has 2 aromatic rings. The number of rotatable bonds is 8. The number of benzene rings is 1. The van der Waals surface area contributed by atoms with Crippen LogP contribution in [0.1, 0.15) is 12.6 Å². The van der Waals surface area contributed by atoms with E-state index in [0.29, 0.717) is 11.8 Å². The average Bonchev–Trinajstić information content (AvgIpc) is 2.96. The summed E-state index contributed by atoms with van der Waals surface area (Å²) in [5.74, 6) is 0.0746. The van der Waals surface area contributed by atoms with Crippen molar-refractivity contribution in [2.24, 2.45) is 0 Å². The highest BCUT2D eigenvalue weighted by Crippen LogP contribution is 2.25. The molecule has 7 heteroatoms. The topological polar surface area (TPSA) is 55.2 Å². The maximum Gasteiger partial charge on any atom is 0.215 e. The fourth-order valence-corrected chi connectivity index (χ4v) is 3.52. The van der Waals surface area contributed by atoms with Gasteiger partial charge in [-0.05, 0) is 6.26 Å². The number of aryl methyl sites for hydroxylation is 1. The molecule has 132 valence electrons. The number of hydrogen-bond donors (Lipinski definition) is 0. The Hall–Kier alpha value is -1.31. The molecule has 0 N–H and O–H groups in total. The first-order valence-electron chi connectivity index (χ1n) is 7.87. The van der Waals surface area contributed by atoms with Gasteiger partial charge in [-0.3, -0.25) is 0 Å². The summed E-state index contributed by atoms with van der Waals surface area (Å²) in [5.41, 5.74) is 3.10. The number of imidazole rings is 1. The lowest BCUT2D eigenvalue weighted by atomic mass is 10.1. The van der Waals surface area contributed by atoms with Gasteiger partial charge in [-0.1, -0.05) is 37.3 Å². The molecular weight excluding hydrogens is 342 g/mol. The van der Waals surface area contributed by atoms with Crippen molar-refractivity contribution in [3.05, 3.63) is 42.4 Å². The Balaban J connectivity index is 2.32. The monoisotopic (exact) mass is 367 g/mol. The normalized spacial score (nSPS) is 13.4. The van der Waals surface area contributed by atoms with Gasteiger partial charge in [-0.2, -0.15) is 11.8 Å². The van der Waals surface area contributed by atoms with Crippen molar-refractivity contribution in [2.45, 2.75) is 25.1 Å². The zero-order valence-electron chi connectivity index (χ0n) is 14.6. The molecule has 0 bridgehead atoms. The van der Waals surface area contributed by atoms with E-state index in [4.69, 9.17) is 0 Å². The number of aromatic nitrogens is 2. The van der Waals surface area contributed by atoms with Gasteiger partial charge in [0.25, 0.3) is 0 Å². The van der Waals surface area contributed by atoms with Crippen molar-refractivity contribution in [2.75, 3.05) is 26.1 Å². The molecule has 0 fully saturated rings. The van der Waals surface area contributed by atoms with E-state index < -0.39 is 10.0 Å². The fourth-order valence-electron chi connectivity index (χ4n) is 2.40. The van der Waals surface area contributed by atoms with Crippen LogP contribution in [-0.4, -0.2) is 53.6 Å². The third kappa shape index (κ3) is 4.62. The zero-order chi connectivity index (χ0) is 17.7. The molecule has 1 aromatic carbocycles. The number of nitrogens with zero attached hydrogens (tertiary/aromatic N) is 3. The maximum absolute atomic E-state index is 12.1. The van der Waals surface area contributed by atoms with Gasteiger partial charge in [0, 0.05) is 43.6 Å². The van der Waals surface area contributed by atoms with E-state index in [9.17, 15) is 8.42 Å². The molecule has 0 unspecified atom stereocenters. The Bertz CT molecular complexity index is 755. The van der Waals surface area contributed by atoms with Crippen molar-refractivity contribution in [1.29, 1.82) is 0 Å². The smallest absolute Gasteiger partial charge is 0.215 e. The molecule has 0 spiro atoms. The highest BCUT2D eigenvalue weighted by atomic mass is 32.2. The van der Waals surface area contributed by atoms with Crippen molar-refractivity contribution >= 4 is 21.8 Å². The molecular formula is C17H25N3O2S2. The van der Waals surface area contributed by atoms with Gasteiger partial charge in [0.2, 0.25) is 10.0 Å². The second-order valence-electron chi connectivity index (χ2n) is 5.95. The van der Waals surface area contributed by atoms with Crippen LogP contribution >= 0.6 is 11.8 Å². The van der Waals surface area contributed by atoms with E-state index in [0.717, 1.165) is 23.4 Å². The largest absolute Gasteiger partial charge is 0.333 e. The lowest BCUT2D eigenvalue weighted by Gasteiger charge is -2.15. The first kappa shape index (κ1) is 19.0. The Kier molecular flexibility index (Phi) is 6.48. The van der Waals surface area contributed by atoms with Gasteiger partial charge in [0.05, 0.1) is 17.8 Å². The summed E-state index contributed by atoms with van der Waals surface area (Å²) < 4.78 is 27.4. The lowest BCUT2D eigenvalue weighted by Crippen LogP contribution is -2.27. The van der Waals surface area contributed by atoms with Gasteiger partial charge in [0.15, 0.2) is 0 Å². The third-order valence-corrected chi connectivity index (χ3v) is 6.81. The van der Waals surface area contributed by atoms with E-state index in [1.807, 2.05) is 34.9 Å². The van der Waals surface area contributed by atoms with Crippen LogP contribution in [0.25, 0.3) is 11.3 Å². The first-order valence-corrected chi connectivity index (χ1v) is 10.8. The summed E-state index contributed by atoms with van der Waals surface area (Å²) in [5, 5.41) is 0.438. The Morgan fingerprint density at radius 1 is 1.25 bits per heavy atom. The molecule has 0 saturated heterocycles. The van der Waals surface area contributed by atoms with E-state index in [2.05, 4.69) is 18.2 Å². The molecule has 0 saturated carbocycles. The minimum absolute atomic E-state index is 0.0746. The molecule has 0 aliphatic heterocycles. The van der Waals surface area contributed by atoms with Gasteiger partial charge >= 0.3 is 0 Å². The molecule has 0 amide bonds. The van der Waals surface area contributed by atoms with Crippen LogP contribution in [0.4, 0.5) is 0 Å². The summed E-state index contributed by atoms with van der Waals surface area (Å²) >= 11 is 1.80. The van der Waals surface area contributed by atoms with Crippen molar-refractivity contribution in [1.82, 2.24) is 13.9 Å². The van der Waals surface area contributed by atoms with E-state index in [-0.39, 0.29) is 5.75 Å². The Morgan fingerprint density at radius 2 is 1.92 bits per heavy atom. The van der Waals surface area contributed by atoms with E-state index in [1.54, 1.807) is 32.2 Å². The zero-order valence-corrected chi connectivity index (χ0v) is 16.3. The van der Waals surface area contributed by atoms with Crippen molar-refractivity contribution < 1.29 is 8.42 Å². The summed E-state index contributed by atoms with van der Waals surface area (Å²) in [7, 11) is -0.0934. The van der Waals surface area contributed by atoms with Crippen molar-refractivity contribution in [3.63, 3.8) is 0 Å². The molecule has 0 aliphatic carbocycles. The number of hydrogen-bond acceptors (Lipinski definition) is 4. The molecule has 2 rings (SSSR count). The second-order valence-corrected chi connectivity index (χ2v) is 9.53. The summed E-state index contributed by atoms with van der Waals surface area (Å²) in [6.07, 6.45) is 4.70. The molecule has 1 heterocycles. The summed E-state index contributed by atoms with van der Waals surface area (Å²) in [6, 6.07) is 10.0. The predicted molar refractivity (Wildman–Crippen MR) is 102 cm³/mol. The molecule has 0 aliphatic rings. The molecule has 5 nitrogen and oxygen atoms in total. The maximum atomic E-state index is 12.1. The summed E-state index contributed by atoms with van der Waals surface area (Å²) in [4.78, 5) is 4.56. The van der Waals surface area contributed by atoms with Gasteiger partial charge in [-0.15, -0.1) is 0 Å². The van der Waals surface area contributed by atoms with Crippen LogP contribution in [0, 0.1) is 0 Å². The van der Waals surface area contributed by atoms with Gasteiger partial charge in [-0.25, -0.2) is 17.7 Å².